The van der Waals surface area contributed by atoms with E-state index in [1.165, 1.54) is 12.0 Å². The molecule has 1 heteroatoms. The molecule has 1 nitrogen and oxygen atoms in total. The number of ether oxygens (including phenoxy) is 1. The van der Waals surface area contributed by atoms with Crippen LogP contribution in [0.1, 0.15) is 52.0 Å². The van der Waals surface area contributed by atoms with Gasteiger partial charge >= 0.3 is 0 Å². The van der Waals surface area contributed by atoms with Crippen LogP contribution in [0.15, 0.2) is 36.1 Å². The Morgan fingerprint density at radius 2 is 1.83 bits per heavy atom. The molecule has 0 saturated carbocycles. The number of benzene rings is 1. The molecular weight excluding hydrogens is 220 g/mol. The van der Waals surface area contributed by atoms with Crippen LogP contribution in [0.2, 0.25) is 0 Å². The van der Waals surface area contributed by atoms with Crippen LogP contribution in [0.5, 0.6) is 5.75 Å². The first-order chi connectivity index (χ1) is 8.67. The first-order valence-electron chi connectivity index (χ1n) is 7.15. The second-order valence-corrected chi connectivity index (χ2v) is 5.43. The van der Waals surface area contributed by atoms with Crippen molar-refractivity contribution in [2.45, 2.75) is 46.5 Å². The molecule has 3 atom stereocenters. The van der Waals surface area contributed by atoms with Crippen LogP contribution in [0.4, 0.5) is 0 Å². The smallest absolute Gasteiger partial charge is 0.130 e. The number of para-hydroxylation sites is 1. The molecule has 98 valence electrons. The summed E-state index contributed by atoms with van der Waals surface area (Å²) in [6, 6.07) is 8.47. The van der Waals surface area contributed by atoms with Gasteiger partial charge in [-0.2, -0.15) is 0 Å². The molecule has 0 bridgehead atoms. The zero-order chi connectivity index (χ0) is 13.1. The van der Waals surface area contributed by atoms with Crippen LogP contribution in [-0.2, 0) is 0 Å². The zero-order valence-corrected chi connectivity index (χ0v) is 11.9. The van der Waals surface area contributed by atoms with Gasteiger partial charge in [-0.1, -0.05) is 52.3 Å². The van der Waals surface area contributed by atoms with Crippen LogP contribution < -0.4 is 4.74 Å². The van der Waals surface area contributed by atoms with Crippen LogP contribution in [0.3, 0.4) is 0 Å². The number of hydrogen-bond donors (Lipinski definition) is 0. The molecule has 3 unspecified atom stereocenters. The topological polar surface area (TPSA) is 9.23 Å². The standard InChI is InChI=1S/C17H24O/c1-5-12(3)15-11-17(13(4)6-2)18-16-10-8-7-9-14(15)16/h7-13,15H,5-6H2,1-4H3. The van der Waals surface area contributed by atoms with Gasteiger partial charge in [0.2, 0.25) is 0 Å². The highest BCUT2D eigenvalue weighted by Crippen LogP contribution is 2.41. The molecule has 0 saturated heterocycles. The lowest BCUT2D eigenvalue weighted by Crippen LogP contribution is -2.18. The van der Waals surface area contributed by atoms with Gasteiger partial charge in [-0.15, -0.1) is 0 Å². The fourth-order valence-electron chi connectivity index (χ4n) is 2.47. The molecule has 0 fully saturated rings. The second-order valence-electron chi connectivity index (χ2n) is 5.43. The Bertz CT molecular complexity index is 433. The number of hydrogen-bond acceptors (Lipinski definition) is 1. The first-order valence-corrected chi connectivity index (χ1v) is 7.15. The van der Waals surface area contributed by atoms with E-state index >= 15 is 0 Å². The third-order valence-corrected chi connectivity index (χ3v) is 4.20. The maximum absolute atomic E-state index is 6.07. The normalized spacial score (nSPS) is 21.6. The molecule has 1 heterocycles. The Morgan fingerprint density at radius 1 is 1.11 bits per heavy atom. The minimum Gasteiger partial charge on any atom is -0.461 e. The summed E-state index contributed by atoms with van der Waals surface area (Å²) < 4.78 is 6.07. The molecule has 0 N–H and O–H groups in total. The highest BCUT2D eigenvalue weighted by atomic mass is 16.5. The Balaban J connectivity index is 2.38. The van der Waals surface area contributed by atoms with Crippen molar-refractivity contribution in [2.24, 2.45) is 11.8 Å². The minimum atomic E-state index is 0.504. The van der Waals surface area contributed by atoms with Gasteiger partial charge < -0.3 is 4.74 Å². The molecular formula is C17H24O. The molecule has 0 amide bonds. The summed E-state index contributed by atoms with van der Waals surface area (Å²) in [6.45, 7) is 9.05. The van der Waals surface area contributed by atoms with Gasteiger partial charge in [0.15, 0.2) is 0 Å². The largest absolute Gasteiger partial charge is 0.461 e. The van der Waals surface area contributed by atoms with Crippen molar-refractivity contribution in [3.8, 4) is 5.75 Å². The van der Waals surface area contributed by atoms with Crippen molar-refractivity contribution in [1.29, 1.82) is 0 Å². The van der Waals surface area contributed by atoms with Gasteiger partial charge in [0, 0.05) is 17.4 Å². The number of rotatable bonds is 4. The quantitative estimate of drug-likeness (QED) is 0.712. The van der Waals surface area contributed by atoms with E-state index < -0.39 is 0 Å². The summed E-state index contributed by atoms with van der Waals surface area (Å²) in [7, 11) is 0. The average Bonchev–Trinajstić information content (AvgIpc) is 2.44. The fraction of sp³-hybridized carbons (Fsp3) is 0.529. The Labute approximate surface area is 111 Å². The van der Waals surface area contributed by atoms with Crippen molar-refractivity contribution >= 4 is 0 Å². The summed E-state index contributed by atoms with van der Waals surface area (Å²) in [5, 5.41) is 0. The fourth-order valence-corrected chi connectivity index (χ4v) is 2.47. The summed E-state index contributed by atoms with van der Waals surface area (Å²) in [5.74, 6) is 3.88. The molecule has 18 heavy (non-hydrogen) atoms. The van der Waals surface area contributed by atoms with Crippen molar-refractivity contribution in [3.05, 3.63) is 41.7 Å². The number of allylic oxidation sites excluding steroid dienone is 2. The van der Waals surface area contributed by atoms with Gasteiger partial charge in [-0.25, -0.2) is 0 Å². The third-order valence-electron chi connectivity index (χ3n) is 4.20. The predicted octanol–water partition coefficient (Wildman–Crippen LogP) is 5.14. The maximum Gasteiger partial charge on any atom is 0.130 e. The second kappa shape index (κ2) is 5.60. The van der Waals surface area contributed by atoms with Crippen LogP contribution in [-0.4, -0.2) is 0 Å². The Morgan fingerprint density at radius 3 is 2.50 bits per heavy atom. The van der Waals surface area contributed by atoms with E-state index in [4.69, 9.17) is 4.74 Å². The molecule has 1 aliphatic rings. The van der Waals surface area contributed by atoms with E-state index in [0.29, 0.717) is 17.8 Å². The number of fused-ring (bicyclic) bond motifs is 1. The van der Waals surface area contributed by atoms with E-state index in [0.717, 1.165) is 17.9 Å². The predicted molar refractivity (Wildman–Crippen MR) is 76.8 cm³/mol. The molecule has 0 radical (unpaired) electrons. The van der Waals surface area contributed by atoms with E-state index in [-0.39, 0.29) is 0 Å². The Hall–Kier alpha value is -1.24. The Kier molecular flexibility index (Phi) is 4.11. The minimum absolute atomic E-state index is 0.504. The van der Waals surface area contributed by atoms with Crippen molar-refractivity contribution in [1.82, 2.24) is 0 Å². The van der Waals surface area contributed by atoms with E-state index in [1.54, 1.807) is 0 Å². The summed E-state index contributed by atoms with van der Waals surface area (Å²) in [5.41, 5.74) is 1.35. The third kappa shape index (κ3) is 2.45. The lowest BCUT2D eigenvalue weighted by molar-refractivity contribution is 0.321. The summed E-state index contributed by atoms with van der Waals surface area (Å²) in [6.07, 6.45) is 4.68. The van der Waals surface area contributed by atoms with E-state index in [9.17, 15) is 0 Å². The lowest BCUT2D eigenvalue weighted by Gasteiger charge is -2.30. The molecule has 0 aliphatic carbocycles. The first kappa shape index (κ1) is 13.2. The molecule has 1 aromatic rings. The highest BCUT2D eigenvalue weighted by Gasteiger charge is 2.26. The monoisotopic (exact) mass is 244 g/mol. The SMILES string of the molecule is CCC(C)C1=CC(C(C)CC)c2ccccc2O1. The summed E-state index contributed by atoms with van der Waals surface area (Å²) in [4.78, 5) is 0. The van der Waals surface area contributed by atoms with Crippen molar-refractivity contribution < 1.29 is 4.74 Å². The van der Waals surface area contributed by atoms with Crippen LogP contribution in [0, 0.1) is 11.8 Å². The average molecular weight is 244 g/mol. The van der Waals surface area contributed by atoms with E-state index in [2.05, 4.69) is 58.0 Å². The maximum atomic E-state index is 6.07. The van der Waals surface area contributed by atoms with Gasteiger partial charge in [-0.3, -0.25) is 0 Å². The molecule has 1 aromatic carbocycles. The van der Waals surface area contributed by atoms with E-state index in [1.807, 2.05) is 0 Å². The molecule has 0 aromatic heterocycles. The van der Waals surface area contributed by atoms with Crippen LogP contribution >= 0.6 is 0 Å². The molecule has 0 spiro atoms. The van der Waals surface area contributed by atoms with Gasteiger partial charge in [0.25, 0.3) is 0 Å². The highest BCUT2D eigenvalue weighted by molar-refractivity contribution is 5.43. The van der Waals surface area contributed by atoms with Gasteiger partial charge in [-0.05, 0) is 24.5 Å². The van der Waals surface area contributed by atoms with Gasteiger partial charge in [0.05, 0.1) is 0 Å². The zero-order valence-electron chi connectivity index (χ0n) is 11.9. The van der Waals surface area contributed by atoms with Crippen molar-refractivity contribution in [3.63, 3.8) is 0 Å². The van der Waals surface area contributed by atoms with Crippen LogP contribution in [0.25, 0.3) is 0 Å². The van der Waals surface area contributed by atoms with Crippen molar-refractivity contribution in [2.75, 3.05) is 0 Å². The summed E-state index contributed by atoms with van der Waals surface area (Å²) >= 11 is 0. The lowest BCUT2D eigenvalue weighted by atomic mass is 9.82. The molecule has 2 rings (SSSR count). The molecule has 1 aliphatic heterocycles. The van der Waals surface area contributed by atoms with Gasteiger partial charge in [0.1, 0.15) is 11.5 Å².